The number of rotatable bonds is 5. The van der Waals surface area contributed by atoms with Gasteiger partial charge in [-0.05, 0) is 48.2 Å². The van der Waals surface area contributed by atoms with Crippen molar-refractivity contribution in [2.45, 2.75) is 4.90 Å². The van der Waals surface area contributed by atoms with Crippen molar-refractivity contribution in [2.24, 2.45) is 5.10 Å². The molecular weight excluding hydrogens is 354 g/mol. The number of hydrazone groups is 1. The van der Waals surface area contributed by atoms with Crippen LogP contribution in [0.25, 0.3) is 0 Å². The number of carbonyl (C=O) groups is 3. The summed E-state index contributed by atoms with van der Waals surface area (Å²) < 4.78 is 4.58. The molecule has 8 heteroatoms. The Balaban J connectivity index is 1.87. The lowest BCUT2D eigenvalue weighted by molar-refractivity contribution is -0.136. The second-order valence-electron chi connectivity index (χ2n) is 5.00. The number of ether oxygens (including phenoxy) is 1. The van der Waals surface area contributed by atoms with Crippen LogP contribution in [0, 0.1) is 0 Å². The third-order valence-corrected chi connectivity index (χ3v) is 4.01. The predicted molar refractivity (Wildman–Crippen MR) is 100 cm³/mol. The van der Waals surface area contributed by atoms with Gasteiger partial charge in [-0.3, -0.25) is 9.59 Å². The maximum atomic E-state index is 11.8. The maximum absolute atomic E-state index is 11.8. The summed E-state index contributed by atoms with van der Waals surface area (Å²) in [6.07, 6.45) is 3.42. The summed E-state index contributed by atoms with van der Waals surface area (Å²) in [5.74, 6) is -2.26. The van der Waals surface area contributed by atoms with Crippen molar-refractivity contribution >= 4 is 41.4 Å². The monoisotopic (exact) mass is 371 g/mol. The standard InChI is InChI=1S/C18H17N3O4S/c1-25-18(24)13-5-7-14(8-6-13)20-16(22)17(23)21-19-11-12-3-9-15(26-2)10-4-12/h3-11H,1-2H3,(H,20,22)(H,21,23)/b19-11+. The summed E-state index contributed by atoms with van der Waals surface area (Å²) in [7, 11) is 1.28. The molecule has 0 radical (unpaired) electrons. The molecule has 0 atom stereocenters. The average molecular weight is 371 g/mol. The van der Waals surface area contributed by atoms with Crippen molar-refractivity contribution < 1.29 is 19.1 Å². The molecule has 0 saturated heterocycles. The SMILES string of the molecule is COC(=O)c1ccc(NC(=O)C(=O)N/N=C/c2ccc(SC)cc2)cc1. The number of esters is 1. The highest BCUT2D eigenvalue weighted by Gasteiger charge is 2.13. The van der Waals surface area contributed by atoms with Gasteiger partial charge in [0.05, 0.1) is 18.9 Å². The van der Waals surface area contributed by atoms with Gasteiger partial charge in [-0.1, -0.05) is 12.1 Å². The zero-order valence-electron chi connectivity index (χ0n) is 14.2. The molecule has 0 aromatic heterocycles. The van der Waals surface area contributed by atoms with Gasteiger partial charge >= 0.3 is 17.8 Å². The summed E-state index contributed by atoms with van der Waals surface area (Å²) in [4.78, 5) is 36.0. The first-order chi connectivity index (χ1) is 12.5. The molecule has 0 aliphatic rings. The smallest absolute Gasteiger partial charge is 0.337 e. The molecular formula is C18H17N3O4S. The van der Waals surface area contributed by atoms with E-state index >= 15 is 0 Å². The van der Waals surface area contributed by atoms with Gasteiger partial charge in [-0.2, -0.15) is 5.10 Å². The summed E-state index contributed by atoms with van der Waals surface area (Å²) in [6.45, 7) is 0. The number of hydrogen-bond acceptors (Lipinski definition) is 6. The lowest BCUT2D eigenvalue weighted by atomic mass is 10.2. The number of thioether (sulfide) groups is 1. The van der Waals surface area contributed by atoms with Gasteiger partial charge in [-0.25, -0.2) is 10.2 Å². The Morgan fingerprint density at radius 2 is 1.65 bits per heavy atom. The minimum atomic E-state index is -0.904. The highest BCUT2D eigenvalue weighted by molar-refractivity contribution is 7.98. The van der Waals surface area contributed by atoms with Crippen molar-refractivity contribution in [1.82, 2.24) is 5.43 Å². The maximum Gasteiger partial charge on any atom is 0.337 e. The van der Waals surface area contributed by atoms with Crippen molar-refractivity contribution in [3.63, 3.8) is 0 Å². The van der Waals surface area contributed by atoms with Gasteiger partial charge in [0.15, 0.2) is 0 Å². The molecule has 26 heavy (non-hydrogen) atoms. The van der Waals surface area contributed by atoms with E-state index in [1.807, 2.05) is 30.5 Å². The number of carbonyl (C=O) groups excluding carboxylic acids is 3. The zero-order valence-corrected chi connectivity index (χ0v) is 15.0. The molecule has 2 aromatic rings. The molecule has 2 N–H and O–H groups in total. The number of hydrogen-bond donors (Lipinski definition) is 2. The largest absolute Gasteiger partial charge is 0.465 e. The first-order valence-corrected chi connectivity index (χ1v) is 8.73. The average Bonchev–Trinajstić information content (AvgIpc) is 2.68. The van der Waals surface area contributed by atoms with Crippen LogP contribution in [0.3, 0.4) is 0 Å². The van der Waals surface area contributed by atoms with Gasteiger partial charge in [0.1, 0.15) is 0 Å². The van der Waals surface area contributed by atoms with Crippen molar-refractivity contribution in [3.05, 3.63) is 59.7 Å². The highest BCUT2D eigenvalue weighted by atomic mass is 32.2. The van der Waals surface area contributed by atoms with Crippen LogP contribution in [-0.2, 0) is 14.3 Å². The molecule has 0 unspecified atom stereocenters. The fourth-order valence-corrected chi connectivity index (χ4v) is 2.31. The normalized spacial score (nSPS) is 10.4. The molecule has 7 nitrogen and oxygen atoms in total. The third-order valence-electron chi connectivity index (χ3n) is 3.27. The number of methoxy groups -OCH3 is 1. The summed E-state index contributed by atoms with van der Waals surface area (Å²) in [5.41, 5.74) is 3.66. The molecule has 0 fully saturated rings. The van der Waals surface area contributed by atoms with Gasteiger partial charge in [0.2, 0.25) is 0 Å². The second kappa shape index (κ2) is 9.38. The summed E-state index contributed by atoms with van der Waals surface area (Å²) >= 11 is 1.62. The van der Waals surface area contributed by atoms with Crippen LogP contribution in [0.1, 0.15) is 15.9 Å². The van der Waals surface area contributed by atoms with Gasteiger partial charge < -0.3 is 10.1 Å². The molecule has 0 spiro atoms. The van der Waals surface area contributed by atoms with Crippen LogP contribution < -0.4 is 10.7 Å². The predicted octanol–water partition coefficient (Wildman–Crippen LogP) is 2.28. The first kappa shape index (κ1) is 19.2. The Labute approximate surface area is 154 Å². The van der Waals surface area contributed by atoms with Crippen LogP contribution in [-0.4, -0.2) is 37.4 Å². The van der Waals surface area contributed by atoms with E-state index < -0.39 is 17.8 Å². The van der Waals surface area contributed by atoms with Crippen LogP contribution in [0.5, 0.6) is 0 Å². The Morgan fingerprint density at radius 1 is 1.00 bits per heavy atom. The topological polar surface area (TPSA) is 96.9 Å². The summed E-state index contributed by atoms with van der Waals surface area (Å²) in [5, 5.41) is 6.16. The molecule has 2 rings (SSSR count). The highest BCUT2D eigenvalue weighted by Crippen LogP contribution is 2.14. The molecule has 0 aliphatic heterocycles. The van der Waals surface area contributed by atoms with Gasteiger partial charge in [0, 0.05) is 10.6 Å². The van der Waals surface area contributed by atoms with Crippen LogP contribution >= 0.6 is 11.8 Å². The van der Waals surface area contributed by atoms with Crippen LogP contribution in [0.4, 0.5) is 5.69 Å². The van der Waals surface area contributed by atoms with Gasteiger partial charge in [0.25, 0.3) is 0 Å². The Bertz CT molecular complexity index is 817. The van der Waals surface area contributed by atoms with E-state index in [4.69, 9.17) is 0 Å². The Kier molecular flexibility index (Phi) is 6.92. The summed E-state index contributed by atoms with van der Waals surface area (Å²) in [6, 6.07) is 13.5. The Hall–Kier alpha value is -3.13. The van der Waals surface area contributed by atoms with Gasteiger partial charge in [-0.15, -0.1) is 11.8 Å². The van der Waals surface area contributed by atoms with E-state index in [-0.39, 0.29) is 0 Å². The number of nitrogens with zero attached hydrogens (tertiary/aromatic N) is 1. The second-order valence-corrected chi connectivity index (χ2v) is 5.87. The fourth-order valence-electron chi connectivity index (χ4n) is 1.90. The molecule has 0 aliphatic carbocycles. The molecule has 2 aromatic carbocycles. The molecule has 134 valence electrons. The number of benzene rings is 2. The molecule has 0 bridgehead atoms. The molecule has 0 saturated carbocycles. The minimum Gasteiger partial charge on any atom is -0.465 e. The fraction of sp³-hybridized carbons (Fsp3) is 0.111. The number of anilines is 1. The van der Waals surface area contributed by atoms with Crippen LogP contribution in [0.15, 0.2) is 58.5 Å². The first-order valence-electron chi connectivity index (χ1n) is 7.50. The molecule has 0 heterocycles. The van der Waals surface area contributed by atoms with E-state index in [2.05, 4.69) is 20.6 Å². The molecule has 2 amide bonds. The van der Waals surface area contributed by atoms with E-state index in [0.717, 1.165) is 10.5 Å². The minimum absolute atomic E-state index is 0.340. The van der Waals surface area contributed by atoms with E-state index in [9.17, 15) is 14.4 Å². The quantitative estimate of drug-likeness (QED) is 0.276. The third kappa shape index (κ3) is 5.45. The Morgan fingerprint density at radius 3 is 2.23 bits per heavy atom. The van der Waals surface area contributed by atoms with E-state index in [0.29, 0.717) is 11.3 Å². The van der Waals surface area contributed by atoms with Crippen LogP contribution in [0.2, 0.25) is 0 Å². The lowest BCUT2D eigenvalue weighted by Crippen LogP contribution is -2.32. The zero-order chi connectivity index (χ0) is 18.9. The van der Waals surface area contributed by atoms with Crippen molar-refractivity contribution in [2.75, 3.05) is 18.7 Å². The lowest BCUT2D eigenvalue weighted by Gasteiger charge is -2.05. The number of amides is 2. The van der Waals surface area contributed by atoms with E-state index in [1.54, 1.807) is 11.8 Å². The van der Waals surface area contributed by atoms with Crippen molar-refractivity contribution in [1.29, 1.82) is 0 Å². The van der Waals surface area contributed by atoms with Crippen molar-refractivity contribution in [3.8, 4) is 0 Å². The number of nitrogens with one attached hydrogen (secondary N) is 2. The van der Waals surface area contributed by atoms with E-state index in [1.165, 1.54) is 37.6 Å².